The molecule has 1 rings (SSSR count). The molecule has 0 unspecified atom stereocenters. The number of hydrogen-bond acceptors (Lipinski definition) is 2. The number of aromatic amines is 1. The highest BCUT2D eigenvalue weighted by Crippen LogP contribution is 2.13. The van der Waals surface area contributed by atoms with Crippen LogP contribution in [0.15, 0.2) is 11.2 Å². The average Bonchev–Trinajstić information content (AvgIpc) is 2.17. The second-order valence-electron chi connectivity index (χ2n) is 1.77. The summed E-state index contributed by atoms with van der Waals surface area (Å²) in [6.45, 7) is 4.08. The summed E-state index contributed by atoms with van der Waals surface area (Å²) < 4.78 is 0. The molecule has 0 spiro atoms. The van der Waals surface area contributed by atoms with Gasteiger partial charge in [0.05, 0.1) is 11.2 Å². The molecule has 50 valence electrons. The fourth-order valence-electron chi connectivity index (χ4n) is 0.627. The second-order valence-corrected chi connectivity index (χ2v) is 3.07. The van der Waals surface area contributed by atoms with E-state index in [1.807, 2.05) is 13.1 Å². The number of imidazole rings is 1. The van der Waals surface area contributed by atoms with Crippen LogP contribution in [-0.4, -0.2) is 15.7 Å². The zero-order chi connectivity index (χ0) is 6.69. The van der Waals surface area contributed by atoms with Gasteiger partial charge in [0, 0.05) is 0 Å². The maximum Gasteiger partial charge on any atom is 0.103 e. The summed E-state index contributed by atoms with van der Waals surface area (Å²) in [4.78, 5) is 7.19. The number of aromatic nitrogens is 2. The molecule has 9 heavy (non-hydrogen) atoms. The lowest BCUT2D eigenvalue weighted by molar-refractivity contribution is 1.10. The molecular weight excluding hydrogens is 132 g/mol. The Morgan fingerprint density at radius 1 is 1.78 bits per heavy atom. The molecular formula is C6H10N2S. The summed E-state index contributed by atoms with van der Waals surface area (Å²) in [5.74, 6) is 2.09. The predicted octanol–water partition coefficient (Wildman–Crippen LogP) is 1.83. The highest BCUT2D eigenvalue weighted by molar-refractivity contribution is 7.99. The Bertz CT molecular complexity index is 183. The number of nitrogens with one attached hydrogen (secondary N) is 1. The minimum Gasteiger partial charge on any atom is -0.337 e. The van der Waals surface area contributed by atoms with Crippen molar-refractivity contribution in [2.24, 2.45) is 0 Å². The van der Waals surface area contributed by atoms with Crippen molar-refractivity contribution in [3.05, 3.63) is 12.0 Å². The van der Waals surface area contributed by atoms with Gasteiger partial charge < -0.3 is 4.98 Å². The van der Waals surface area contributed by atoms with Crippen molar-refractivity contribution < 1.29 is 0 Å². The van der Waals surface area contributed by atoms with E-state index in [2.05, 4.69) is 16.9 Å². The van der Waals surface area contributed by atoms with Crippen LogP contribution in [0, 0.1) is 6.92 Å². The maximum absolute atomic E-state index is 4.06. The number of H-pyrrole nitrogens is 1. The molecule has 0 fully saturated rings. The van der Waals surface area contributed by atoms with Crippen molar-refractivity contribution in [1.29, 1.82) is 0 Å². The fraction of sp³-hybridized carbons (Fsp3) is 0.500. The summed E-state index contributed by atoms with van der Waals surface area (Å²) in [7, 11) is 0. The molecule has 0 aliphatic heterocycles. The molecule has 2 nitrogen and oxygen atoms in total. The first kappa shape index (κ1) is 6.68. The average molecular weight is 142 g/mol. The monoisotopic (exact) mass is 142 g/mol. The zero-order valence-corrected chi connectivity index (χ0v) is 6.46. The summed E-state index contributed by atoms with van der Waals surface area (Å²) >= 11 is 1.78. The Hall–Kier alpha value is -0.440. The third-order valence-corrected chi connectivity index (χ3v) is 1.79. The van der Waals surface area contributed by atoms with Gasteiger partial charge in [-0.3, -0.25) is 0 Å². The first-order chi connectivity index (χ1) is 4.33. The first-order valence-electron chi connectivity index (χ1n) is 2.97. The van der Waals surface area contributed by atoms with Gasteiger partial charge in [-0.25, -0.2) is 4.98 Å². The Morgan fingerprint density at radius 2 is 2.56 bits per heavy atom. The minimum atomic E-state index is 0.992. The Balaban J connectivity index is 2.61. The maximum atomic E-state index is 4.06. The molecule has 0 saturated heterocycles. The lowest BCUT2D eigenvalue weighted by Crippen LogP contribution is -1.72. The van der Waals surface area contributed by atoms with Crippen LogP contribution in [-0.2, 0) is 0 Å². The second kappa shape index (κ2) is 2.92. The number of thioether (sulfide) groups is 1. The lowest BCUT2D eigenvalue weighted by Gasteiger charge is -1.87. The van der Waals surface area contributed by atoms with Crippen molar-refractivity contribution in [3.63, 3.8) is 0 Å². The van der Waals surface area contributed by atoms with Crippen LogP contribution in [0.2, 0.25) is 0 Å². The summed E-state index contributed by atoms with van der Waals surface area (Å²) in [5, 5.41) is 1.16. The molecule has 0 amide bonds. The van der Waals surface area contributed by atoms with Crippen molar-refractivity contribution >= 4 is 11.8 Å². The van der Waals surface area contributed by atoms with Crippen LogP contribution >= 0.6 is 11.8 Å². The van der Waals surface area contributed by atoms with E-state index in [-0.39, 0.29) is 0 Å². The third-order valence-electron chi connectivity index (χ3n) is 0.979. The number of aryl methyl sites for hydroxylation is 1. The predicted molar refractivity (Wildman–Crippen MR) is 39.7 cm³/mol. The highest BCUT2D eigenvalue weighted by Gasteiger charge is 1.92. The van der Waals surface area contributed by atoms with Crippen LogP contribution in [0.4, 0.5) is 0 Å². The van der Waals surface area contributed by atoms with Gasteiger partial charge in [-0.2, -0.15) is 0 Å². The summed E-state index contributed by atoms with van der Waals surface area (Å²) in [6, 6.07) is 0. The lowest BCUT2D eigenvalue weighted by atomic mass is 10.8. The van der Waals surface area contributed by atoms with Gasteiger partial charge in [-0.15, -0.1) is 11.8 Å². The smallest absolute Gasteiger partial charge is 0.103 e. The van der Waals surface area contributed by atoms with Crippen LogP contribution in [0.1, 0.15) is 12.7 Å². The molecule has 0 saturated carbocycles. The van der Waals surface area contributed by atoms with Gasteiger partial charge in [0.15, 0.2) is 0 Å². The van der Waals surface area contributed by atoms with E-state index in [0.29, 0.717) is 0 Å². The molecule has 1 aromatic heterocycles. The van der Waals surface area contributed by atoms with Crippen LogP contribution in [0.5, 0.6) is 0 Å². The van der Waals surface area contributed by atoms with E-state index < -0.39 is 0 Å². The SMILES string of the molecule is CCSc1cnc(C)[nH]1. The van der Waals surface area contributed by atoms with E-state index in [0.717, 1.165) is 16.6 Å². The molecule has 1 heterocycles. The minimum absolute atomic E-state index is 0.992. The van der Waals surface area contributed by atoms with Crippen molar-refractivity contribution in [1.82, 2.24) is 9.97 Å². The van der Waals surface area contributed by atoms with Gasteiger partial charge in [-0.1, -0.05) is 6.92 Å². The quantitative estimate of drug-likeness (QED) is 0.638. The van der Waals surface area contributed by atoms with Crippen molar-refractivity contribution in [2.45, 2.75) is 18.9 Å². The molecule has 0 aliphatic carbocycles. The third kappa shape index (κ3) is 1.75. The number of rotatable bonds is 2. The van der Waals surface area contributed by atoms with E-state index in [1.165, 1.54) is 0 Å². The zero-order valence-electron chi connectivity index (χ0n) is 5.64. The topological polar surface area (TPSA) is 28.7 Å². The van der Waals surface area contributed by atoms with Crippen LogP contribution in [0.3, 0.4) is 0 Å². The van der Waals surface area contributed by atoms with E-state index >= 15 is 0 Å². The standard InChI is InChI=1S/C6H10N2S/c1-3-9-6-4-7-5(2)8-6/h4H,3H2,1-2H3,(H,7,8). The molecule has 0 bridgehead atoms. The number of hydrogen-bond donors (Lipinski definition) is 1. The molecule has 1 aromatic rings. The van der Waals surface area contributed by atoms with Gasteiger partial charge >= 0.3 is 0 Å². The van der Waals surface area contributed by atoms with Gasteiger partial charge in [0.25, 0.3) is 0 Å². The molecule has 0 aromatic carbocycles. The van der Waals surface area contributed by atoms with E-state index in [4.69, 9.17) is 0 Å². The normalized spacial score (nSPS) is 10.0. The molecule has 1 N–H and O–H groups in total. The Kier molecular flexibility index (Phi) is 2.16. The van der Waals surface area contributed by atoms with E-state index in [9.17, 15) is 0 Å². The Morgan fingerprint density at radius 3 is 3.00 bits per heavy atom. The Labute approximate surface area is 59.1 Å². The molecule has 0 radical (unpaired) electrons. The van der Waals surface area contributed by atoms with E-state index in [1.54, 1.807) is 11.8 Å². The first-order valence-corrected chi connectivity index (χ1v) is 3.96. The van der Waals surface area contributed by atoms with Gasteiger partial charge in [-0.05, 0) is 12.7 Å². The van der Waals surface area contributed by atoms with Crippen molar-refractivity contribution in [2.75, 3.05) is 5.75 Å². The van der Waals surface area contributed by atoms with Gasteiger partial charge in [0.1, 0.15) is 5.82 Å². The van der Waals surface area contributed by atoms with Crippen molar-refractivity contribution in [3.8, 4) is 0 Å². The highest BCUT2D eigenvalue weighted by atomic mass is 32.2. The fourth-order valence-corrected chi connectivity index (χ4v) is 1.29. The molecule has 0 aliphatic rings. The van der Waals surface area contributed by atoms with Crippen LogP contribution in [0.25, 0.3) is 0 Å². The summed E-state index contributed by atoms with van der Waals surface area (Å²) in [5.41, 5.74) is 0. The largest absolute Gasteiger partial charge is 0.337 e. The van der Waals surface area contributed by atoms with Gasteiger partial charge in [0.2, 0.25) is 0 Å². The summed E-state index contributed by atoms with van der Waals surface area (Å²) in [6.07, 6.45) is 1.86. The number of nitrogens with zero attached hydrogens (tertiary/aromatic N) is 1. The molecule has 0 atom stereocenters. The molecule has 3 heteroatoms. The van der Waals surface area contributed by atoms with Crippen LogP contribution < -0.4 is 0 Å².